The Morgan fingerprint density at radius 3 is 2.12 bits per heavy atom. The average molecular weight is 487 g/mol. The Balaban J connectivity index is 1.40. The van der Waals surface area contributed by atoms with Crippen LogP contribution in [0.1, 0.15) is 43.4 Å². The van der Waals surface area contributed by atoms with E-state index in [1.807, 2.05) is 49.9 Å². The molecule has 0 aromatic heterocycles. The number of carbonyl (C=O) groups is 1. The molecule has 0 radical (unpaired) electrons. The first-order chi connectivity index (χ1) is 16.3. The van der Waals surface area contributed by atoms with Crippen molar-refractivity contribution >= 4 is 15.9 Å². The van der Waals surface area contributed by atoms with E-state index < -0.39 is 10.0 Å². The fourth-order valence-corrected chi connectivity index (χ4v) is 6.22. The van der Waals surface area contributed by atoms with E-state index in [9.17, 15) is 13.2 Å². The third kappa shape index (κ3) is 5.08. The number of ether oxygens (including phenoxy) is 2. The minimum Gasteiger partial charge on any atom is -0.490 e. The van der Waals surface area contributed by atoms with Gasteiger partial charge in [-0.05, 0) is 75.4 Å². The number of piperidine rings is 1. The van der Waals surface area contributed by atoms with Crippen LogP contribution < -0.4 is 9.47 Å². The van der Waals surface area contributed by atoms with Crippen LogP contribution in [0.25, 0.3) is 0 Å². The average Bonchev–Trinajstić information content (AvgIpc) is 2.84. The van der Waals surface area contributed by atoms with Crippen LogP contribution in [-0.4, -0.2) is 56.4 Å². The highest BCUT2D eigenvalue weighted by Crippen LogP contribution is 2.35. The van der Waals surface area contributed by atoms with Crippen LogP contribution >= 0.6 is 0 Å². The number of benzene rings is 2. The maximum absolute atomic E-state index is 13.3. The van der Waals surface area contributed by atoms with Crippen LogP contribution in [0.4, 0.5) is 0 Å². The van der Waals surface area contributed by atoms with Crippen molar-refractivity contribution < 1.29 is 22.7 Å². The summed E-state index contributed by atoms with van der Waals surface area (Å²) in [6, 6.07) is 11.0. The smallest absolute Gasteiger partial charge is 0.243 e. The van der Waals surface area contributed by atoms with E-state index in [2.05, 4.69) is 0 Å². The highest BCUT2D eigenvalue weighted by atomic mass is 32.2. The summed E-state index contributed by atoms with van der Waals surface area (Å²) >= 11 is 0. The van der Waals surface area contributed by atoms with Crippen molar-refractivity contribution in [3.63, 3.8) is 0 Å². The molecule has 4 rings (SSSR count). The van der Waals surface area contributed by atoms with E-state index in [0.29, 0.717) is 62.9 Å². The molecule has 0 spiro atoms. The number of carbonyl (C=O) groups excluding carboxylic acids is 1. The Bertz CT molecular complexity index is 1120. The van der Waals surface area contributed by atoms with Crippen molar-refractivity contribution in [1.82, 2.24) is 9.21 Å². The van der Waals surface area contributed by atoms with E-state index in [4.69, 9.17) is 9.47 Å². The van der Waals surface area contributed by atoms with Gasteiger partial charge in [0.15, 0.2) is 11.5 Å². The molecule has 0 N–H and O–H groups in total. The number of hydrogen-bond acceptors (Lipinski definition) is 5. The predicted molar refractivity (Wildman–Crippen MR) is 131 cm³/mol. The summed E-state index contributed by atoms with van der Waals surface area (Å²) in [7, 11) is -3.53. The minimum absolute atomic E-state index is 0.116. The molecule has 0 atom stereocenters. The van der Waals surface area contributed by atoms with Gasteiger partial charge in [0, 0.05) is 32.1 Å². The first-order valence-electron chi connectivity index (χ1n) is 12.1. The summed E-state index contributed by atoms with van der Waals surface area (Å²) < 4.78 is 39.0. The molecule has 2 heterocycles. The second-order valence-electron chi connectivity index (χ2n) is 8.93. The van der Waals surface area contributed by atoms with Crippen LogP contribution in [0.2, 0.25) is 0 Å². The summed E-state index contributed by atoms with van der Waals surface area (Å²) in [5.41, 5.74) is 3.30. The van der Waals surface area contributed by atoms with Gasteiger partial charge in [-0.1, -0.05) is 17.7 Å². The summed E-state index contributed by atoms with van der Waals surface area (Å²) in [5.74, 6) is 1.43. The van der Waals surface area contributed by atoms with Crippen LogP contribution in [0.3, 0.4) is 0 Å². The number of hydrogen-bond donors (Lipinski definition) is 0. The van der Waals surface area contributed by atoms with Crippen molar-refractivity contribution in [2.24, 2.45) is 5.92 Å². The van der Waals surface area contributed by atoms with Gasteiger partial charge in [-0.15, -0.1) is 0 Å². The van der Waals surface area contributed by atoms with Gasteiger partial charge in [0.1, 0.15) is 0 Å². The molecule has 1 fully saturated rings. The van der Waals surface area contributed by atoms with Crippen LogP contribution in [0.5, 0.6) is 11.5 Å². The second kappa shape index (κ2) is 10.4. The normalized spacial score (nSPS) is 17.3. The standard InChI is InChI=1S/C26H34N2O5S/c1-4-32-24-16-21-10-13-27(18-22(21)17-25(24)33-5-2)26(29)20-11-14-28(15-12-20)34(30,31)23-8-6-19(3)7-9-23/h6-9,16-17,20H,4-5,10-15,18H2,1-3H3. The molecule has 2 aliphatic heterocycles. The molecule has 34 heavy (non-hydrogen) atoms. The third-order valence-corrected chi connectivity index (χ3v) is 8.56. The monoisotopic (exact) mass is 486 g/mol. The Labute approximate surface area is 202 Å². The number of aryl methyl sites for hydroxylation is 1. The lowest BCUT2D eigenvalue weighted by Crippen LogP contribution is -2.45. The van der Waals surface area contributed by atoms with E-state index in [-0.39, 0.29) is 11.8 Å². The van der Waals surface area contributed by atoms with Gasteiger partial charge >= 0.3 is 0 Å². The van der Waals surface area contributed by atoms with E-state index in [0.717, 1.165) is 23.3 Å². The molecule has 0 aliphatic carbocycles. The van der Waals surface area contributed by atoms with Gasteiger partial charge in [-0.25, -0.2) is 8.42 Å². The Hall–Kier alpha value is -2.58. The van der Waals surface area contributed by atoms with Gasteiger partial charge in [-0.3, -0.25) is 4.79 Å². The summed E-state index contributed by atoms with van der Waals surface area (Å²) in [6.07, 6.45) is 1.86. The van der Waals surface area contributed by atoms with Crippen molar-refractivity contribution in [2.45, 2.75) is 51.5 Å². The molecule has 7 nitrogen and oxygen atoms in total. The number of fused-ring (bicyclic) bond motifs is 1. The predicted octanol–water partition coefficient (Wildman–Crippen LogP) is 3.78. The quantitative estimate of drug-likeness (QED) is 0.595. The molecule has 2 aromatic rings. The SMILES string of the molecule is CCOc1cc2c(cc1OCC)CN(C(=O)C1CCN(S(=O)(=O)c3ccc(C)cc3)CC1)CC2. The highest BCUT2D eigenvalue weighted by Gasteiger charge is 2.34. The third-order valence-electron chi connectivity index (χ3n) is 6.65. The Kier molecular flexibility index (Phi) is 7.48. The minimum atomic E-state index is -3.53. The summed E-state index contributed by atoms with van der Waals surface area (Å²) in [5, 5.41) is 0. The lowest BCUT2D eigenvalue weighted by Gasteiger charge is -2.36. The topological polar surface area (TPSA) is 76.2 Å². The number of sulfonamides is 1. The van der Waals surface area contributed by atoms with Gasteiger partial charge in [0.05, 0.1) is 18.1 Å². The first kappa shape index (κ1) is 24.5. The van der Waals surface area contributed by atoms with Gasteiger partial charge in [0.2, 0.25) is 15.9 Å². The zero-order valence-electron chi connectivity index (χ0n) is 20.2. The molecule has 8 heteroatoms. The van der Waals surface area contributed by atoms with Crippen molar-refractivity contribution in [3.05, 3.63) is 53.1 Å². The Morgan fingerprint density at radius 1 is 0.941 bits per heavy atom. The molecule has 0 saturated carbocycles. The van der Waals surface area contributed by atoms with E-state index >= 15 is 0 Å². The molecular formula is C26H34N2O5S. The van der Waals surface area contributed by atoms with Gasteiger partial charge in [-0.2, -0.15) is 4.31 Å². The molecule has 1 amide bonds. The van der Waals surface area contributed by atoms with Crippen molar-refractivity contribution in [3.8, 4) is 11.5 Å². The molecule has 184 valence electrons. The molecule has 0 unspecified atom stereocenters. The van der Waals surface area contributed by atoms with E-state index in [1.54, 1.807) is 12.1 Å². The van der Waals surface area contributed by atoms with Crippen LogP contribution in [0.15, 0.2) is 41.3 Å². The number of nitrogens with zero attached hydrogens (tertiary/aromatic N) is 2. The zero-order valence-corrected chi connectivity index (χ0v) is 21.1. The van der Waals surface area contributed by atoms with Gasteiger partial charge < -0.3 is 14.4 Å². The maximum Gasteiger partial charge on any atom is 0.243 e. The largest absolute Gasteiger partial charge is 0.490 e. The maximum atomic E-state index is 13.3. The lowest BCUT2D eigenvalue weighted by atomic mass is 9.93. The van der Waals surface area contributed by atoms with Crippen molar-refractivity contribution in [1.29, 1.82) is 0 Å². The summed E-state index contributed by atoms with van der Waals surface area (Å²) in [6.45, 7) is 8.88. The zero-order chi connectivity index (χ0) is 24.3. The van der Waals surface area contributed by atoms with Gasteiger partial charge in [0.25, 0.3) is 0 Å². The first-order valence-corrected chi connectivity index (χ1v) is 13.5. The van der Waals surface area contributed by atoms with E-state index in [1.165, 1.54) is 9.87 Å². The Morgan fingerprint density at radius 2 is 1.53 bits per heavy atom. The van der Waals surface area contributed by atoms with Crippen LogP contribution in [-0.2, 0) is 27.8 Å². The molecule has 1 saturated heterocycles. The number of amides is 1. The highest BCUT2D eigenvalue weighted by molar-refractivity contribution is 7.89. The fourth-order valence-electron chi connectivity index (χ4n) is 4.75. The molecule has 2 aliphatic rings. The van der Waals surface area contributed by atoms with Crippen LogP contribution in [0, 0.1) is 12.8 Å². The summed E-state index contributed by atoms with van der Waals surface area (Å²) in [4.78, 5) is 15.5. The van der Waals surface area contributed by atoms with Crippen molar-refractivity contribution in [2.75, 3.05) is 32.8 Å². The molecule has 2 aromatic carbocycles. The lowest BCUT2D eigenvalue weighted by molar-refractivity contribution is -0.137. The molecular weight excluding hydrogens is 452 g/mol. The molecule has 0 bridgehead atoms. The number of rotatable bonds is 7. The second-order valence-corrected chi connectivity index (χ2v) is 10.9. The fraction of sp³-hybridized carbons (Fsp3) is 0.500.